The molecule has 112 valence electrons. The van der Waals surface area contributed by atoms with Gasteiger partial charge in [-0.2, -0.15) is 0 Å². The number of aromatic nitrogens is 3. The molecule has 0 saturated heterocycles. The highest BCUT2D eigenvalue weighted by molar-refractivity contribution is 14.1. The Labute approximate surface area is 138 Å². The van der Waals surface area contributed by atoms with Crippen LogP contribution >= 0.6 is 22.6 Å². The molecule has 0 aliphatic rings. The minimum absolute atomic E-state index is 0.455. The smallest absolute Gasteiger partial charge is 0.180 e. The molecule has 0 aliphatic heterocycles. The van der Waals surface area contributed by atoms with Crippen LogP contribution in [0.5, 0.6) is 0 Å². The van der Waals surface area contributed by atoms with Gasteiger partial charge in [-0.05, 0) is 54.5 Å². The predicted octanol–water partition coefficient (Wildman–Crippen LogP) is 3.34. The van der Waals surface area contributed by atoms with E-state index in [-0.39, 0.29) is 0 Å². The molecule has 21 heavy (non-hydrogen) atoms. The molecule has 2 aromatic rings. The lowest BCUT2D eigenvalue weighted by Gasteiger charge is -2.12. The summed E-state index contributed by atoms with van der Waals surface area (Å²) >= 11 is 2.25. The quantitative estimate of drug-likeness (QED) is 0.783. The van der Waals surface area contributed by atoms with Gasteiger partial charge in [-0.1, -0.05) is 6.07 Å². The Morgan fingerprint density at radius 3 is 2.67 bits per heavy atom. The molecule has 0 atom stereocenters. The van der Waals surface area contributed by atoms with Gasteiger partial charge in [0.1, 0.15) is 11.5 Å². The minimum atomic E-state index is 0.455. The van der Waals surface area contributed by atoms with E-state index in [4.69, 9.17) is 4.74 Å². The molecule has 2 rings (SSSR count). The summed E-state index contributed by atoms with van der Waals surface area (Å²) in [5.74, 6) is 1.47. The molecule has 0 unspecified atom stereocenters. The summed E-state index contributed by atoms with van der Waals surface area (Å²) in [5.41, 5.74) is 3.89. The summed E-state index contributed by atoms with van der Waals surface area (Å²) < 4.78 is 6.23. The Morgan fingerprint density at radius 2 is 2.05 bits per heavy atom. The van der Waals surface area contributed by atoms with Crippen LogP contribution in [0.2, 0.25) is 0 Å². The fourth-order valence-electron chi connectivity index (χ4n) is 2.07. The zero-order chi connectivity index (χ0) is 15.4. The molecule has 0 saturated carbocycles. The SMILES string of the molecule is CCNc1nc(-c2ncc(C)cc2C)nc(COC)c1I. The second-order valence-electron chi connectivity index (χ2n) is 4.80. The average molecular weight is 398 g/mol. The maximum absolute atomic E-state index is 5.24. The molecule has 0 aliphatic carbocycles. The van der Waals surface area contributed by atoms with Gasteiger partial charge in [-0.3, -0.25) is 4.98 Å². The number of methoxy groups -OCH3 is 1. The normalized spacial score (nSPS) is 10.7. The molecule has 2 heterocycles. The van der Waals surface area contributed by atoms with Crippen molar-refractivity contribution in [3.63, 3.8) is 0 Å². The lowest BCUT2D eigenvalue weighted by Crippen LogP contribution is -2.09. The molecule has 0 fully saturated rings. The molecule has 0 bridgehead atoms. The van der Waals surface area contributed by atoms with Crippen molar-refractivity contribution in [1.29, 1.82) is 0 Å². The van der Waals surface area contributed by atoms with Crippen molar-refractivity contribution in [2.45, 2.75) is 27.4 Å². The molecule has 1 N–H and O–H groups in total. The largest absolute Gasteiger partial charge is 0.378 e. The van der Waals surface area contributed by atoms with E-state index in [9.17, 15) is 0 Å². The first-order valence-corrected chi connectivity index (χ1v) is 7.87. The molecular formula is C15H19IN4O. The second-order valence-corrected chi connectivity index (χ2v) is 5.88. The van der Waals surface area contributed by atoms with Crippen LogP contribution in [0, 0.1) is 17.4 Å². The third-order valence-corrected chi connectivity index (χ3v) is 4.11. The van der Waals surface area contributed by atoms with E-state index < -0.39 is 0 Å². The number of rotatable bonds is 5. The number of aryl methyl sites for hydroxylation is 2. The maximum atomic E-state index is 5.24. The van der Waals surface area contributed by atoms with Gasteiger partial charge in [0.25, 0.3) is 0 Å². The number of hydrogen-bond donors (Lipinski definition) is 1. The monoisotopic (exact) mass is 398 g/mol. The van der Waals surface area contributed by atoms with E-state index in [1.54, 1.807) is 7.11 Å². The summed E-state index contributed by atoms with van der Waals surface area (Å²) in [6.07, 6.45) is 1.84. The van der Waals surface area contributed by atoms with Crippen LogP contribution in [0.1, 0.15) is 23.7 Å². The van der Waals surface area contributed by atoms with Crippen molar-refractivity contribution < 1.29 is 4.74 Å². The number of halogens is 1. The topological polar surface area (TPSA) is 59.9 Å². The van der Waals surface area contributed by atoms with Crippen LogP contribution in [-0.4, -0.2) is 28.6 Å². The van der Waals surface area contributed by atoms with Gasteiger partial charge >= 0.3 is 0 Å². The molecule has 0 aromatic carbocycles. The predicted molar refractivity (Wildman–Crippen MR) is 92.3 cm³/mol. The molecule has 2 aromatic heterocycles. The number of anilines is 1. The van der Waals surface area contributed by atoms with Crippen molar-refractivity contribution in [2.24, 2.45) is 0 Å². The van der Waals surface area contributed by atoms with Crippen LogP contribution in [0.3, 0.4) is 0 Å². The molecule has 0 spiro atoms. The van der Waals surface area contributed by atoms with Crippen LogP contribution in [-0.2, 0) is 11.3 Å². The first-order chi connectivity index (χ1) is 10.1. The number of nitrogens with one attached hydrogen (secondary N) is 1. The van der Waals surface area contributed by atoms with Crippen molar-refractivity contribution in [3.05, 3.63) is 32.7 Å². The van der Waals surface area contributed by atoms with Gasteiger partial charge in [0.15, 0.2) is 5.82 Å². The average Bonchev–Trinajstić information content (AvgIpc) is 2.43. The summed E-state index contributed by atoms with van der Waals surface area (Å²) in [5, 5.41) is 3.27. The Morgan fingerprint density at radius 1 is 1.29 bits per heavy atom. The standard InChI is InChI=1S/C15H19IN4O/c1-5-17-14-12(16)11(8-21-4)19-15(20-14)13-10(3)6-9(2)7-18-13/h6-7H,5,8H2,1-4H3,(H,17,19,20). The van der Waals surface area contributed by atoms with Gasteiger partial charge in [0.05, 0.1) is 15.9 Å². The lowest BCUT2D eigenvalue weighted by molar-refractivity contribution is 0.181. The fourth-order valence-corrected chi connectivity index (χ4v) is 2.65. The van der Waals surface area contributed by atoms with Crippen LogP contribution in [0.15, 0.2) is 12.3 Å². The number of hydrogen-bond acceptors (Lipinski definition) is 5. The van der Waals surface area contributed by atoms with Gasteiger partial charge in [0, 0.05) is 19.9 Å². The van der Waals surface area contributed by atoms with E-state index in [2.05, 4.69) is 48.9 Å². The van der Waals surface area contributed by atoms with Crippen molar-refractivity contribution in [1.82, 2.24) is 15.0 Å². The zero-order valence-electron chi connectivity index (χ0n) is 12.7. The molecule has 0 radical (unpaired) electrons. The van der Waals surface area contributed by atoms with E-state index in [0.717, 1.165) is 38.4 Å². The first kappa shape index (κ1) is 16.1. The highest BCUT2D eigenvalue weighted by atomic mass is 127. The summed E-state index contributed by atoms with van der Waals surface area (Å²) in [7, 11) is 1.67. The Balaban J connectivity index is 2.56. The van der Waals surface area contributed by atoms with Gasteiger partial charge in [-0.15, -0.1) is 0 Å². The maximum Gasteiger partial charge on any atom is 0.180 e. The minimum Gasteiger partial charge on any atom is -0.378 e. The molecular weight excluding hydrogens is 379 g/mol. The second kappa shape index (κ2) is 7.13. The van der Waals surface area contributed by atoms with E-state index >= 15 is 0 Å². The van der Waals surface area contributed by atoms with E-state index in [1.807, 2.05) is 27.0 Å². The fraction of sp³-hybridized carbons (Fsp3) is 0.400. The number of ether oxygens (including phenoxy) is 1. The van der Waals surface area contributed by atoms with Gasteiger partial charge in [-0.25, -0.2) is 9.97 Å². The third-order valence-electron chi connectivity index (χ3n) is 2.97. The van der Waals surface area contributed by atoms with Crippen molar-refractivity contribution in [3.8, 4) is 11.5 Å². The third kappa shape index (κ3) is 3.68. The summed E-state index contributed by atoms with van der Waals surface area (Å²) in [4.78, 5) is 13.7. The number of pyridine rings is 1. The molecule has 6 heteroatoms. The van der Waals surface area contributed by atoms with Crippen LogP contribution < -0.4 is 5.32 Å². The van der Waals surface area contributed by atoms with Crippen LogP contribution in [0.4, 0.5) is 5.82 Å². The highest BCUT2D eigenvalue weighted by Gasteiger charge is 2.15. The Bertz CT molecular complexity index is 619. The zero-order valence-corrected chi connectivity index (χ0v) is 14.9. The Hall–Kier alpha value is -1.28. The number of nitrogens with zero attached hydrogens (tertiary/aromatic N) is 3. The van der Waals surface area contributed by atoms with Gasteiger partial charge < -0.3 is 10.1 Å². The van der Waals surface area contributed by atoms with E-state index in [1.165, 1.54) is 0 Å². The van der Waals surface area contributed by atoms with Crippen LogP contribution in [0.25, 0.3) is 11.5 Å². The Kier molecular flexibility index (Phi) is 5.46. The van der Waals surface area contributed by atoms with Crippen molar-refractivity contribution >= 4 is 28.4 Å². The highest BCUT2D eigenvalue weighted by Crippen LogP contribution is 2.25. The van der Waals surface area contributed by atoms with Gasteiger partial charge in [0.2, 0.25) is 0 Å². The molecule has 0 amide bonds. The summed E-state index contributed by atoms with van der Waals surface area (Å²) in [6, 6.07) is 2.09. The van der Waals surface area contributed by atoms with E-state index in [0.29, 0.717) is 12.4 Å². The molecule has 5 nitrogen and oxygen atoms in total. The van der Waals surface area contributed by atoms with Crippen molar-refractivity contribution in [2.75, 3.05) is 19.0 Å². The lowest BCUT2D eigenvalue weighted by atomic mass is 10.1. The first-order valence-electron chi connectivity index (χ1n) is 6.79. The summed E-state index contributed by atoms with van der Waals surface area (Å²) in [6.45, 7) is 7.36.